The van der Waals surface area contributed by atoms with Crippen molar-refractivity contribution in [2.24, 2.45) is 0 Å². The molecular weight excluding hydrogens is 418 g/mol. The van der Waals surface area contributed by atoms with E-state index in [0.29, 0.717) is 18.2 Å². The Morgan fingerprint density at radius 1 is 0.969 bits per heavy atom. The number of carbonyl (C=O) groups excluding carboxylic acids is 1. The van der Waals surface area contributed by atoms with Gasteiger partial charge in [-0.2, -0.15) is 0 Å². The molecule has 0 saturated carbocycles. The Morgan fingerprint density at radius 3 is 2.47 bits per heavy atom. The maximum absolute atomic E-state index is 12.6. The Hall–Kier alpha value is -3.22. The van der Waals surface area contributed by atoms with Crippen LogP contribution in [0.2, 0.25) is 0 Å². The second-order valence-electron chi connectivity index (χ2n) is 7.67. The van der Waals surface area contributed by atoms with E-state index < -0.39 is 0 Å². The molecule has 2 heterocycles. The predicted octanol–water partition coefficient (Wildman–Crippen LogP) is 6.19. The Kier molecular flexibility index (Phi) is 7.14. The molecule has 2 aromatic carbocycles. The van der Waals surface area contributed by atoms with Crippen molar-refractivity contribution in [2.45, 2.75) is 39.9 Å². The Balaban J connectivity index is 1.57. The third-order valence-corrected chi connectivity index (χ3v) is 6.13. The van der Waals surface area contributed by atoms with Gasteiger partial charge in [0.05, 0.1) is 24.2 Å². The van der Waals surface area contributed by atoms with Gasteiger partial charge in [0.1, 0.15) is 5.76 Å². The van der Waals surface area contributed by atoms with Gasteiger partial charge in [-0.15, -0.1) is 11.3 Å². The zero-order valence-corrected chi connectivity index (χ0v) is 19.2. The number of amides is 1. The maximum Gasteiger partial charge on any atom is 0.230 e. The second kappa shape index (κ2) is 10.4. The Bertz CT molecular complexity index is 1140. The highest BCUT2D eigenvalue weighted by Crippen LogP contribution is 2.32. The minimum absolute atomic E-state index is 0.0384. The summed E-state index contributed by atoms with van der Waals surface area (Å²) in [6, 6.07) is 22.3. The summed E-state index contributed by atoms with van der Waals surface area (Å²) < 4.78 is 5.59. The summed E-state index contributed by atoms with van der Waals surface area (Å²) in [7, 11) is 0. The van der Waals surface area contributed by atoms with E-state index in [0.717, 1.165) is 35.7 Å². The van der Waals surface area contributed by atoms with Crippen LogP contribution in [-0.2, 0) is 30.8 Å². The quantitative estimate of drug-likeness (QED) is 0.308. The topological polar surface area (TPSA) is 49.6 Å². The van der Waals surface area contributed by atoms with Crippen molar-refractivity contribution in [2.75, 3.05) is 4.90 Å². The van der Waals surface area contributed by atoms with Gasteiger partial charge in [-0.1, -0.05) is 55.5 Å². The molecule has 1 amide bonds. The van der Waals surface area contributed by atoms with E-state index in [-0.39, 0.29) is 5.91 Å². The summed E-state index contributed by atoms with van der Waals surface area (Å²) in [5.41, 5.74) is 4.20. The number of rotatable bonds is 9. The van der Waals surface area contributed by atoms with Crippen LogP contribution in [-0.4, -0.2) is 15.8 Å². The standard InChI is InChI=1S/C26H27N3O2S/c1-3-22-12-7-8-14-25(22)29(20(2)30)26-27-23(19-32-26)17-28(18-24-13-9-15-31-24)16-21-10-5-4-6-11-21/h4-15,19H,3,16-18H2,1-2H3. The average Bonchev–Trinajstić information content (AvgIpc) is 3.47. The van der Waals surface area contributed by atoms with Gasteiger partial charge in [-0.3, -0.25) is 14.6 Å². The third kappa shape index (κ3) is 5.33. The molecule has 0 bridgehead atoms. The number of benzene rings is 2. The van der Waals surface area contributed by atoms with Gasteiger partial charge in [0.2, 0.25) is 5.91 Å². The fourth-order valence-electron chi connectivity index (χ4n) is 3.77. The highest BCUT2D eigenvalue weighted by Gasteiger charge is 2.21. The van der Waals surface area contributed by atoms with Crippen LogP contribution < -0.4 is 4.90 Å². The van der Waals surface area contributed by atoms with Gasteiger partial charge in [0.15, 0.2) is 5.13 Å². The summed E-state index contributed by atoms with van der Waals surface area (Å²) >= 11 is 1.50. The fourth-order valence-corrected chi connectivity index (χ4v) is 4.64. The number of anilines is 2. The van der Waals surface area contributed by atoms with Crippen LogP contribution >= 0.6 is 11.3 Å². The zero-order valence-electron chi connectivity index (χ0n) is 18.4. The van der Waals surface area contributed by atoms with E-state index in [2.05, 4.69) is 42.2 Å². The summed E-state index contributed by atoms with van der Waals surface area (Å²) in [4.78, 5) is 21.4. The van der Waals surface area contributed by atoms with Crippen molar-refractivity contribution >= 4 is 28.1 Å². The summed E-state index contributed by atoms with van der Waals surface area (Å²) in [5.74, 6) is 0.877. The van der Waals surface area contributed by atoms with Crippen LogP contribution in [0.1, 0.15) is 36.4 Å². The third-order valence-electron chi connectivity index (χ3n) is 5.25. The molecule has 4 rings (SSSR count). The monoisotopic (exact) mass is 445 g/mol. The number of carbonyl (C=O) groups is 1. The van der Waals surface area contributed by atoms with Crippen LogP contribution in [0.4, 0.5) is 10.8 Å². The van der Waals surface area contributed by atoms with Crippen molar-refractivity contribution < 1.29 is 9.21 Å². The molecule has 2 aromatic heterocycles. The number of aromatic nitrogens is 1. The van der Waals surface area contributed by atoms with E-state index in [4.69, 9.17) is 9.40 Å². The molecule has 4 aromatic rings. The first-order valence-corrected chi connectivity index (χ1v) is 11.6. The van der Waals surface area contributed by atoms with Crippen LogP contribution in [0.5, 0.6) is 0 Å². The first-order valence-electron chi connectivity index (χ1n) is 10.8. The molecule has 0 aliphatic heterocycles. The van der Waals surface area contributed by atoms with E-state index in [1.165, 1.54) is 16.9 Å². The predicted molar refractivity (Wildman–Crippen MR) is 129 cm³/mol. The number of hydrogen-bond donors (Lipinski definition) is 0. The molecule has 0 aliphatic rings. The van der Waals surface area contributed by atoms with Gasteiger partial charge >= 0.3 is 0 Å². The Labute approximate surface area is 192 Å². The van der Waals surface area contributed by atoms with Crippen LogP contribution in [0, 0.1) is 0 Å². The summed E-state index contributed by atoms with van der Waals surface area (Å²) in [5, 5.41) is 2.74. The SMILES string of the molecule is CCc1ccccc1N(C(C)=O)c1nc(CN(Cc2ccccc2)Cc2ccco2)cs1. The first-order chi connectivity index (χ1) is 15.6. The van der Waals surface area contributed by atoms with Crippen LogP contribution in [0.25, 0.3) is 0 Å². The van der Waals surface area contributed by atoms with Gasteiger partial charge < -0.3 is 4.42 Å². The van der Waals surface area contributed by atoms with E-state index in [9.17, 15) is 4.79 Å². The van der Waals surface area contributed by atoms with Crippen LogP contribution in [0.15, 0.2) is 82.8 Å². The van der Waals surface area contributed by atoms with E-state index >= 15 is 0 Å². The molecule has 32 heavy (non-hydrogen) atoms. The molecule has 0 fully saturated rings. The zero-order chi connectivity index (χ0) is 22.3. The number of aryl methyl sites for hydroxylation is 1. The fraction of sp³-hybridized carbons (Fsp3) is 0.231. The maximum atomic E-state index is 12.6. The molecule has 5 nitrogen and oxygen atoms in total. The molecular formula is C26H27N3O2S. The van der Waals surface area contributed by atoms with Crippen molar-refractivity contribution in [1.29, 1.82) is 0 Å². The lowest BCUT2D eigenvalue weighted by Crippen LogP contribution is -2.24. The molecule has 0 N–H and O–H groups in total. The number of thiazole rings is 1. The lowest BCUT2D eigenvalue weighted by Gasteiger charge is -2.22. The molecule has 164 valence electrons. The van der Waals surface area contributed by atoms with Crippen molar-refractivity contribution in [1.82, 2.24) is 9.88 Å². The lowest BCUT2D eigenvalue weighted by molar-refractivity contribution is -0.115. The average molecular weight is 446 g/mol. The van der Waals surface area contributed by atoms with Gasteiger partial charge in [0, 0.05) is 25.4 Å². The Morgan fingerprint density at radius 2 is 1.75 bits per heavy atom. The molecule has 0 aliphatic carbocycles. The minimum atomic E-state index is -0.0384. The first kappa shape index (κ1) is 22.0. The van der Waals surface area contributed by atoms with Crippen molar-refractivity contribution in [3.05, 3.63) is 101 Å². The van der Waals surface area contributed by atoms with E-state index in [1.54, 1.807) is 18.1 Å². The largest absolute Gasteiger partial charge is 0.468 e. The molecule has 0 atom stereocenters. The highest BCUT2D eigenvalue weighted by atomic mass is 32.1. The van der Waals surface area contributed by atoms with Crippen LogP contribution in [0.3, 0.4) is 0 Å². The number of furan rings is 1. The van der Waals surface area contributed by atoms with Gasteiger partial charge in [-0.25, -0.2) is 4.98 Å². The normalized spacial score (nSPS) is 11.1. The second-order valence-corrected chi connectivity index (χ2v) is 8.50. The molecule has 0 unspecified atom stereocenters. The lowest BCUT2D eigenvalue weighted by atomic mass is 10.1. The van der Waals surface area contributed by atoms with Gasteiger partial charge in [0.25, 0.3) is 0 Å². The minimum Gasteiger partial charge on any atom is -0.468 e. The van der Waals surface area contributed by atoms with Crippen molar-refractivity contribution in [3.8, 4) is 0 Å². The molecule has 6 heteroatoms. The molecule has 0 spiro atoms. The highest BCUT2D eigenvalue weighted by molar-refractivity contribution is 7.14. The number of nitrogens with zero attached hydrogens (tertiary/aromatic N) is 3. The molecule has 0 radical (unpaired) electrons. The van der Waals surface area contributed by atoms with Gasteiger partial charge in [-0.05, 0) is 35.7 Å². The van der Waals surface area contributed by atoms with E-state index in [1.807, 2.05) is 41.8 Å². The summed E-state index contributed by atoms with van der Waals surface area (Å²) in [6.07, 6.45) is 2.55. The molecule has 0 saturated heterocycles. The summed E-state index contributed by atoms with van der Waals surface area (Å²) in [6.45, 7) is 5.81. The number of para-hydroxylation sites is 1. The number of hydrogen-bond acceptors (Lipinski definition) is 5. The smallest absolute Gasteiger partial charge is 0.230 e. The van der Waals surface area contributed by atoms with Crippen molar-refractivity contribution in [3.63, 3.8) is 0 Å².